The number of pyridine rings is 1. The highest BCUT2D eigenvalue weighted by Crippen LogP contribution is 2.32. The predicted octanol–water partition coefficient (Wildman–Crippen LogP) is 3.34. The first-order valence-corrected chi connectivity index (χ1v) is 6.92. The molecule has 106 valence electrons. The molecule has 2 rings (SSSR count). The number of halogens is 3. The van der Waals surface area contributed by atoms with Gasteiger partial charge in [-0.1, -0.05) is 6.07 Å². The van der Waals surface area contributed by atoms with Crippen molar-refractivity contribution in [2.45, 2.75) is 22.0 Å². The van der Waals surface area contributed by atoms with Crippen molar-refractivity contribution in [3.8, 4) is 0 Å². The summed E-state index contributed by atoms with van der Waals surface area (Å²) in [6.45, 7) is 0. The van der Waals surface area contributed by atoms with Crippen LogP contribution in [0.5, 0.6) is 0 Å². The maximum Gasteiger partial charge on any atom is 0.433 e. The van der Waals surface area contributed by atoms with Gasteiger partial charge in [0.15, 0.2) is 4.34 Å². The highest BCUT2D eigenvalue weighted by molar-refractivity contribution is 8.01. The number of hydrogen-bond donors (Lipinski definition) is 1. The fourth-order valence-electron chi connectivity index (χ4n) is 1.29. The van der Waals surface area contributed by atoms with E-state index >= 15 is 0 Å². The van der Waals surface area contributed by atoms with Crippen LogP contribution in [0, 0.1) is 0 Å². The molecule has 0 saturated heterocycles. The molecular weight excluding hydrogens is 313 g/mol. The zero-order valence-electron chi connectivity index (χ0n) is 9.72. The number of thiazole rings is 1. The van der Waals surface area contributed by atoms with Gasteiger partial charge in [-0.3, -0.25) is 4.79 Å². The van der Waals surface area contributed by atoms with Crippen molar-refractivity contribution in [1.82, 2.24) is 9.97 Å². The number of aromatic nitrogens is 2. The van der Waals surface area contributed by atoms with Crippen molar-refractivity contribution in [3.05, 3.63) is 35.0 Å². The van der Waals surface area contributed by atoms with Crippen molar-refractivity contribution in [3.63, 3.8) is 0 Å². The topological polar surface area (TPSA) is 63.1 Å². The van der Waals surface area contributed by atoms with E-state index < -0.39 is 17.8 Å². The number of nitrogens with zero attached hydrogens (tertiary/aromatic N) is 2. The molecule has 0 unspecified atom stereocenters. The maximum atomic E-state index is 12.5. The van der Waals surface area contributed by atoms with Crippen LogP contribution >= 0.6 is 23.1 Å². The number of carboxylic acids is 1. The van der Waals surface area contributed by atoms with E-state index in [0.717, 1.165) is 17.8 Å². The molecular formula is C11H7F3N2O2S2. The molecule has 20 heavy (non-hydrogen) atoms. The number of rotatable bonds is 4. The Morgan fingerprint density at radius 2 is 2.10 bits per heavy atom. The van der Waals surface area contributed by atoms with Crippen LogP contribution in [-0.2, 0) is 17.4 Å². The summed E-state index contributed by atoms with van der Waals surface area (Å²) in [5.74, 6) is -1.01. The minimum Gasteiger partial charge on any atom is -0.481 e. The fourth-order valence-corrected chi connectivity index (χ4v) is 3.06. The Kier molecular flexibility index (Phi) is 4.29. The molecule has 2 heterocycles. The van der Waals surface area contributed by atoms with Gasteiger partial charge >= 0.3 is 12.1 Å². The van der Waals surface area contributed by atoms with Gasteiger partial charge in [0, 0.05) is 5.38 Å². The molecule has 0 aromatic carbocycles. The average molecular weight is 320 g/mol. The Morgan fingerprint density at radius 3 is 2.75 bits per heavy atom. The number of carbonyl (C=O) groups is 1. The van der Waals surface area contributed by atoms with E-state index in [9.17, 15) is 18.0 Å². The maximum absolute atomic E-state index is 12.5. The molecule has 0 spiro atoms. The van der Waals surface area contributed by atoms with Crippen LogP contribution in [-0.4, -0.2) is 21.0 Å². The van der Waals surface area contributed by atoms with E-state index in [0.29, 0.717) is 10.0 Å². The lowest BCUT2D eigenvalue weighted by molar-refractivity contribution is -0.141. The molecule has 2 aromatic rings. The summed E-state index contributed by atoms with van der Waals surface area (Å²) < 4.78 is 38.0. The van der Waals surface area contributed by atoms with Gasteiger partial charge in [0.2, 0.25) is 0 Å². The molecule has 0 radical (unpaired) electrons. The Bertz CT molecular complexity index is 628. The summed E-state index contributed by atoms with van der Waals surface area (Å²) in [6, 6.07) is 3.60. The minimum atomic E-state index is -4.49. The van der Waals surface area contributed by atoms with E-state index in [1.54, 1.807) is 5.38 Å². The van der Waals surface area contributed by atoms with Crippen molar-refractivity contribution in [2.24, 2.45) is 0 Å². The van der Waals surface area contributed by atoms with Gasteiger partial charge in [0.25, 0.3) is 0 Å². The summed E-state index contributed by atoms with van der Waals surface area (Å²) >= 11 is 2.14. The third-order valence-corrected chi connectivity index (χ3v) is 3.99. The first-order valence-electron chi connectivity index (χ1n) is 5.23. The first-order chi connectivity index (χ1) is 9.34. The second-order valence-electron chi connectivity index (χ2n) is 3.64. The van der Waals surface area contributed by atoms with Crippen LogP contribution in [0.4, 0.5) is 13.2 Å². The van der Waals surface area contributed by atoms with E-state index in [4.69, 9.17) is 5.11 Å². The minimum absolute atomic E-state index is 0.163. The lowest BCUT2D eigenvalue weighted by Gasteiger charge is -2.06. The zero-order chi connectivity index (χ0) is 14.8. The normalized spacial score (nSPS) is 11.6. The molecule has 2 aromatic heterocycles. The number of aliphatic carboxylic acids is 1. The highest BCUT2D eigenvalue weighted by atomic mass is 32.2. The summed E-state index contributed by atoms with van der Waals surface area (Å²) in [5.41, 5.74) is -0.596. The third-order valence-electron chi connectivity index (χ3n) is 2.07. The number of alkyl halides is 3. The Balaban J connectivity index is 2.14. The van der Waals surface area contributed by atoms with E-state index in [1.165, 1.54) is 23.5 Å². The molecule has 0 amide bonds. The second-order valence-corrected chi connectivity index (χ2v) is 5.76. The van der Waals surface area contributed by atoms with Crippen LogP contribution in [0.1, 0.15) is 11.4 Å². The van der Waals surface area contributed by atoms with Crippen LogP contribution in [0.3, 0.4) is 0 Å². The summed E-state index contributed by atoms with van der Waals surface area (Å²) in [5, 5.41) is 10.3. The molecule has 0 bridgehead atoms. The van der Waals surface area contributed by atoms with Gasteiger partial charge in [-0.2, -0.15) is 13.2 Å². The second kappa shape index (κ2) is 5.80. The summed E-state index contributed by atoms with van der Waals surface area (Å²) in [6.07, 6.45) is -4.71. The summed E-state index contributed by atoms with van der Waals surface area (Å²) in [7, 11) is 0. The summed E-state index contributed by atoms with van der Waals surface area (Å²) in [4.78, 5) is 18.0. The SMILES string of the molecule is O=C(O)Cc1csc(Sc2cccc(C(F)(F)F)n2)n1. The first kappa shape index (κ1) is 14.8. The molecule has 0 saturated carbocycles. The highest BCUT2D eigenvalue weighted by Gasteiger charge is 2.32. The smallest absolute Gasteiger partial charge is 0.433 e. The molecule has 0 aliphatic carbocycles. The van der Waals surface area contributed by atoms with Gasteiger partial charge in [-0.15, -0.1) is 11.3 Å². The van der Waals surface area contributed by atoms with Crippen LogP contribution in [0.2, 0.25) is 0 Å². The lowest BCUT2D eigenvalue weighted by atomic mass is 10.3. The molecule has 0 aliphatic rings. The van der Waals surface area contributed by atoms with Crippen LogP contribution in [0.15, 0.2) is 32.9 Å². The van der Waals surface area contributed by atoms with Crippen LogP contribution < -0.4 is 0 Å². The van der Waals surface area contributed by atoms with E-state index in [1.807, 2.05) is 0 Å². The molecule has 1 N–H and O–H groups in total. The lowest BCUT2D eigenvalue weighted by Crippen LogP contribution is -2.07. The van der Waals surface area contributed by atoms with Crippen molar-refractivity contribution in [1.29, 1.82) is 0 Å². The van der Waals surface area contributed by atoms with E-state index in [-0.39, 0.29) is 11.4 Å². The third kappa shape index (κ3) is 3.94. The van der Waals surface area contributed by atoms with Gasteiger partial charge in [-0.25, -0.2) is 9.97 Å². The van der Waals surface area contributed by atoms with Crippen LogP contribution in [0.25, 0.3) is 0 Å². The molecule has 0 fully saturated rings. The van der Waals surface area contributed by atoms with Gasteiger partial charge in [0.1, 0.15) is 10.7 Å². The van der Waals surface area contributed by atoms with Gasteiger partial charge in [-0.05, 0) is 23.9 Å². The van der Waals surface area contributed by atoms with Crippen molar-refractivity contribution < 1.29 is 23.1 Å². The largest absolute Gasteiger partial charge is 0.481 e. The molecule has 0 atom stereocenters. The monoisotopic (exact) mass is 320 g/mol. The van der Waals surface area contributed by atoms with Gasteiger partial charge in [0.05, 0.1) is 12.1 Å². The molecule has 4 nitrogen and oxygen atoms in total. The molecule has 9 heteroatoms. The Hall–Kier alpha value is -1.61. The standard InChI is InChI=1S/C11H7F3N2O2S2/c12-11(13,14)7-2-1-3-8(16-7)20-10-15-6(5-19-10)4-9(17)18/h1-3,5H,4H2,(H,17,18). The fraction of sp³-hybridized carbons (Fsp3) is 0.182. The van der Waals surface area contributed by atoms with Crippen molar-refractivity contribution >= 4 is 29.1 Å². The van der Waals surface area contributed by atoms with E-state index in [2.05, 4.69) is 9.97 Å². The van der Waals surface area contributed by atoms with Crippen molar-refractivity contribution in [2.75, 3.05) is 0 Å². The number of carboxylic acid groups (broad SMARTS) is 1. The Morgan fingerprint density at radius 1 is 1.35 bits per heavy atom. The predicted molar refractivity (Wildman–Crippen MR) is 66.8 cm³/mol. The molecule has 0 aliphatic heterocycles. The zero-order valence-corrected chi connectivity index (χ0v) is 11.3. The average Bonchev–Trinajstić information content (AvgIpc) is 2.75. The Labute approximate surface area is 119 Å². The quantitative estimate of drug-likeness (QED) is 0.936. The number of hydrogen-bond acceptors (Lipinski definition) is 5. The van der Waals surface area contributed by atoms with Gasteiger partial charge < -0.3 is 5.11 Å².